The first-order chi connectivity index (χ1) is 5.45. The van der Waals surface area contributed by atoms with Crippen molar-refractivity contribution >= 4 is 15.6 Å². The van der Waals surface area contributed by atoms with Gasteiger partial charge in [-0.3, -0.25) is 4.79 Å². The van der Waals surface area contributed by atoms with Crippen LogP contribution in [0.3, 0.4) is 0 Å². The van der Waals surface area contributed by atoms with Crippen molar-refractivity contribution in [2.45, 2.75) is 12.8 Å². The van der Waals surface area contributed by atoms with Gasteiger partial charge in [-0.05, 0) is 6.42 Å². The maximum Gasteiger partial charge on any atom is 0.154 e. The van der Waals surface area contributed by atoms with Gasteiger partial charge < -0.3 is 4.74 Å². The van der Waals surface area contributed by atoms with E-state index in [4.69, 9.17) is 4.74 Å². The van der Waals surface area contributed by atoms with E-state index in [-0.39, 0.29) is 18.0 Å². The molecular weight excluding hydrogens is 180 g/mol. The van der Waals surface area contributed by atoms with Crippen LogP contribution in [-0.2, 0) is 19.4 Å². The molecule has 0 spiro atoms. The number of methoxy groups -OCH3 is 1. The van der Waals surface area contributed by atoms with Crippen LogP contribution >= 0.6 is 0 Å². The van der Waals surface area contributed by atoms with E-state index in [1.165, 1.54) is 0 Å². The topological polar surface area (TPSA) is 60.4 Å². The van der Waals surface area contributed by atoms with Crippen LogP contribution in [0.5, 0.6) is 0 Å². The number of hydrogen-bond acceptors (Lipinski definition) is 4. The third-order valence-corrected chi connectivity index (χ3v) is 2.07. The minimum absolute atomic E-state index is 0.241. The molecule has 5 heteroatoms. The molecule has 0 saturated carbocycles. The lowest BCUT2D eigenvalue weighted by Crippen LogP contribution is -2.14. The van der Waals surface area contributed by atoms with Gasteiger partial charge in [0.25, 0.3) is 0 Å². The number of Topliss-reactive ketones (excluding diaryl/α,β-unsaturated/α-hetero) is 1. The predicted octanol–water partition coefficient (Wildman–Crippen LogP) is 0.0267. The normalized spacial score (nSPS) is 11.5. The lowest BCUT2D eigenvalue weighted by Gasteiger charge is -1.98. The van der Waals surface area contributed by atoms with Gasteiger partial charge in [-0.1, -0.05) is 0 Å². The molecular formula is C7H14O4S. The van der Waals surface area contributed by atoms with Gasteiger partial charge in [-0.15, -0.1) is 0 Å². The van der Waals surface area contributed by atoms with E-state index in [1.807, 2.05) is 0 Å². The Morgan fingerprint density at radius 2 is 2.00 bits per heavy atom. The molecule has 0 unspecified atom stereocenters. The highest BCUT2D eigenvalue weighted by Crippen LogP contribution is 1.94. The number of carbonyl (C=O) groups is 1. The molecule has 0 aromatic heterocycles. The molecule has 0 bridgehead atoms. The number of ketones is 1. The predicted molar refractivity (Wildman–Crippen MR) is 45.8 cm³/mol. The monoisotopic (exact) mass is 194 g/mol. The molecule has 0 aliphatic heterocycles. The van der Waals surface area contributed by atoms with Crippen molar-refractivity contribution in [3.63, 3.8) is 0 Å². The summed E-state index contributed by atoms with van der Waals surface area (Å²) in [6, 6.07) is 0. The van der Waals surface area contributed by atoms with Crippen LogP contribution in [0.25, 0.3) is 0 Å². The molecule has 0 atom stereocenters. The Bertz CT molecular complexity index is 230. The highest BCUT2D eigenvalue weighted by molar-refractivity contribution is 7.91. The van der Waals surface area contributed by atoms with E-state index >= 15 is 0 Å². The summed E-state index contributed by atoms with van der Waals surface area (Å²) in [6.45, 7) is 0.496. The lowest BCUT2D eigenvalue weighted by molar-refractivity contribution is -0.116. The summed E-state index contributed by atoms with van der Waals surface area (Å²) in [7, 11) is -1.61. The Kier molecular flexibility index (Phi) is 5.08. The molecule has 0 aliphatic rings. The molecule has 4 nitrogen and oxygen atoms in total. The van der Waals surface area contributed by atoms with E-state index < -0.39 is 9.84 Å². The Hall–Kier alpha value is -0.420. The molecule has 72 valence electrons. The van der Waals surface area contributed by atoms with Gasteiger partial charge in [-0.2, -0.15) is 0 Å². The number of rotatable bonds is 6. The van der Waals surface area contributed by atoms with E-state index in [2.05, 4.69) is 0 Å². The van der Waals surface area contributed by atoms with Crippen LogP contribution in [0.15, 0.2) is 0 Å². The smallest absolute Gasteiger partial charge is 0.154 e. The maximum atomic E-state index is 10.9. The molecule has 0 aliphatic carbocycles. The number of sulfone groups is 1. The Balaban J connectivity index is 3.62. The van der Waals surface area contributed by atoms with Crippen LogP contribution in [0, 0.1) is 0 Å². The fourth-order valence-electron chi connectivity index (χ4n) is 0.778. The highest BCUT2D eigenvalue weighted by atomic mass is 32.2. The summed E-state index contributed by atoms with van der Waals surface area (Å²) in [4.78, 5) is 10.9. The van der Waals surface area contributed by atoms with Crippen molar-refractivity contribution in [3.05, 3.63) is 0 Å². The molecule has 0 fully saturated rings. The standard InChI is InChI=1S/C7H14O4S/c1-11-5-3-4-7(8)6-12(2,9)10/h3-6H2,1-2H3. The first kappa shape index (κ1) is 11.6. The number of hydrogen-bond donors (Lipinski definition) is 0. The summed E-state index contributed by atoms with van der Waals surface area (Å²) in [6.07, 6.45) is 1.92. The van der Waals surface area contributed by atoms with E-state index in [9.17, 15) is 13.2 Å². The average Bonchev–Trinajstić information content (AvgIpc) is 1.84. The van der Waals surface area contributed by atoms with Gasteiger partial charge in [-0.25, -0.2) is 8.42 Å². The van der Waals surface area contributed by atoms with E-state index in [1.54, 1.807) is 7.11 Å². The van der Waals surface area contributed by atoms with Gasteiger partial charge in [0.1, 0.15) is 11.5 Å². The number of ether oxygens (including phenoxy) is 1. The van der Waals surface area contributed by atoms with Crippen LogP contribution in [0.2, 0.25) is 0 Å². The fourth-order valence-corrected chi connectivity index (χ4v) is 1.51. The maximum absolute atomic E-state index is 10.9. The highest BCUT2D eigenvalue weighted by Gasteiger charge is 2.09. The zero-order chi connectivity index (χ0) is 9.61. The minimum Gasteiger partial charge on any atom is -0.385 e. The molecule has 0 amide bonds. The Labute approximate surface area is 72.8 Å². The Morgan fingerprint density at radius 3 is 2.42 bits per heavy atom. The second-order valence-corrected chi connectivity index (χ2v) is 4.85. The fraction of sp³-hybridized carbons (Fsp3) is 0.857. The van der Waals surface area contributed by atoms with E-state index in [0.29, 0.717) is 13.0 Å². The summed E-state index contributed by atoms with van der Waals surface area (Å²) < 4.78 is 26.0. The van der Waals surface area contributed by atoms with Gasteiger partial charge in [0.15, 0.2) is 9.84 Å². The third kappa shape index (κ3) is 7.68. The molecule has 0 heterocycles. The SMILES string of the molecule is COCCCC(=O)CS(C)(=O)=O. The largest absolute Gasteiger partial charge is 0.385 e. The Morgan fingerprint density at radius 1 is 1.42 bits per heavy atom. The summed E-state index contributed by atoms with van der Waals surface area (Å²) in [5.74, 6) is -0.592. The van der Waals surface area contributed by atoms with Crippen LogP contribution < -0.4 is 0 Å². The van der Waals surface area contributed by atoms with Crippen molar-refractivity contribution in [1.29, 1.82) is 0 Å². The zero-order valence-corrected chi connectivity index (χ0v) is 8.19. The first-order valence-electron chi connectivity index (χ1n) is 3.64. The van der Waals surface area contributed by atoms with Crippen molar-refractivity contribution in [2.24, 2.45) is 0 Å². The van der Waals surface area contributed by atoms with Gasteiger partial charge >= 0.3 is 0 Å². The van der Waals surface area contributed by atoms with E-state index in [0.717, 1.165) is 6.26 Å². The third-order valence-electron chi connectivity index (χ3n) is 1.23. The molecule has 0 rings (SSSR count). The summed E-state index contributed by atoms with van der Waals surface area (Å²) in [5.41, 5.74) is 0. The van der Waals surface area contributed by atoms with Gasteiger partial charge in [0.05, 0.1) is 0 Å². The molecule has 0 N–H and O–H groups in total. The van der Waals surface area contributed by atoms with Crippen molar-refractivity contribution < 1.29 is 17.9 Å². The second kappa shape index (κ2) is 5.27. The molecule has 0 aromatic rings. The van der Waals surface area contributed by atoms with Gasteiger partial charge in [0.2, 0.25) is 0 Å². The van der Waals surface area contributed by atoms with Crippen molar-refractivity contribution in [1.82, 2.24) is 0 Å². The van der Waals surface area contributed by atoms with Crippen LogP contribution in [0.4, 0.5) is 0 Å². The van der Waals surface area contributed by atoms with Crippen LogP contribution in [-0.4, -0.2) is 39.9 Å². The molecule has 12 heavy (non-hydrogen) atoms. The summed E-state index contributed by atoms with van der Waals surface area (Å²) in [5, 5.41) is 0. The molecule has 0 radical (unpaired) electrons. The minimum atomic E-state index is -3.15. The second-order valence-electron chi connectivity index (χ2n) is 2.71. The zero-order valence-electron chi connectivity index (χ0n) is 7.37. The molecule has 0 aromatic carbocycles. The quantitative estimate of drug-likeness (QED) is 0.559. The van der Waals surface area contributed by atoms with Crippen molar-refractivity contribution in [2.75, 3.05) is 25.7 Å². The first-order valence-corrected chi connectivity index (χ1v) is 5.70. The molecule has 0 saturated heterocycles. The average molecular weight is 194 g/mol. The van der Waals surface area contributed by atoms with Crippen molar-refractivity contribution in [3.8, 4) is 0 Å². The van der Waals surface area contributed by atoms with Crippen LogP contribution in [0.1, 0.15) is 12.8 Å². The van der Waals surface area contributed by atoms with Gasteiger partial charge in [0, 0.05) is 26.4 Å². The lowest BCUT2D eigenvalue weighted by atomic mass is 10.2. The summed E-state index contributed by atoms with van der Waals surface area (Å²) >= 11 is 0. The number of carbonyl (C=O) groups excluding carboxylic acids is 1.